The molecule has 4 unspecified atom stereocenters. The maximum absolute atomic E-state index is 3.83. The van der Waals surface area contributed by atoms with E-state index >= 15 is 0 Å². The van der Waals surface area contributed by atoms with Crippen LogP contribution in [0.25, 0.3) is 0 Å². The van der Waals surface area contributed by atoms with Crippen molar-refractivity contribution in [1.82, 2.24) is 10.2 Å². The van der Waals surface area contributed by atoms with E-state index in [-0.39, 0.29) is 0 Å². The van der Waals surface area contributed by atoms with Crippen molar-refractivity contribution in [3.05, 3.63) is 0 Å². The first-order valence-electron chi connectivity index (χ1n) is 9.00. The van der Waals surface area contributed by atoms with Gasteiger partial charge < -0.3 is 10.2 Å². The smallest absolute Gasteiger partial charge is 0.0113 e. The molecular formula is C18H38N2. The monoisotopic (exact) mass is 282 g/mol. The lowest BCUT2D eigenvalue weighted by Crippen LogP contribution is -2.48. The van der Waals surface area contributed by atoms with Gasteiger partial charge in [-0.05, 0) is 63.6 Å². The highest BCUT2D eigenvalue weighted by atomic mass is 15.1. The van der Waals surface area contributed by atoms with Gasteiger partial charge in [0.1, 0.15) is 0 Å². The van der Waals surface area contributed by atoms with E-state index in [1.54, 1.807) is 0 Å². The van der Waals surface area contributed by atoms with Crippen LogP contribution < -0.4 is 5.32 Å². The molecule has 1 saturated carbocycles. The maximum Gasteiger partial charge on any atom is 0.0113 e. The van der Waals surface area contributed by atoms with E-state index < -0.39 is 0 Å². The van der Waals surface area contributed by atoms with Crippen molar-refractivity contribution in [3.8, 4) is 0 Å². The summed E-state index contributed by atoms with van der Waals surface area (Å²) in [6.07, 6.45) is 8.09. The van der Waals surface area contributed by atoms with Gasteiger partial charge in [-0.25, -0.2) is 0 Å². The van der Waals surface area contributed by atoms with Crippen molar-refractivity contribution < 1.29 is 0 Å². The van der Waals surface area contributed by atoms with Crippen molar-refractivity contribution >= 4 is 0 Å². The number of hydrogen-bond acceptors (Lipinski definition) is 2. The minimum atomic E-state index is 0.738. The maximum atomic E-state index is 3.83. The van der Waals surface area contributed by atoms with Gasteiger partial charge in [-0.15, -0.1) is 0 Å². The summed E-state index contributed by atoms with van der Waals surface area (Å²) >= 11 is 0. The fourth-order valence-electron chi connectivity index (χ4n) is 3.87. The Morgan fingerprint density at radius 1 is 1.05 bits per heavy atom. The Bertz CT molecular complexity index is 242. The molecule has 0 spiro atoms. The second-order valence-electron chi connectivity index (χ2n) is 7.25. The molecule has 1 aliphatic rings. The minimum Gasteiger partial charge on any atom is -0.314 e. The van der Waals surface area contributed by atoms with Crippen LogP contribution in [0, 0.1) is 17.8 Å². The van der Waals surface area contributed by atoms with E-state index in [0.29, 0.717) is 0 Å². The van der Waals surface area contributed by atoms with E-state index in [9.17, 15) is 0 Å². The van der Waals surface area contributed by atoms with Gasteiger partial charge in [0, 0.05) is 12.6 Å². The van der Waals surface area contributed by atoms with Crippen LogP contribution in [-0.4, -0.2) is 37.6 Å². The predicted molar refractivity (Wildman–Crippen MR) is 90.2 cm³/mol. The lowest BCUT2D eigenvalue weighted by atomic mass is 9.72. The van der Waals surface area contributed by atoms with Crippen LogP contribution in [0.4, 0.5) is 0 Å². The lowest BCUT2D eigenvalue weighted by molar-refractivity contribution is 0.111. The average molecular weight is 283 g/mol. The third-order valence-electron chi connectivity index (χ3n) is 5.00. The van der Waals surface area contributed by atoms with Gasteiger partial charge in [0.15, 0.2) is 0 Å². The number of nitrogens with zero attached hydrogens (tertiary/aromatic N) is 1. The van der Waals surface area contributed by atoms with E-state index in [4.69, 9.17) is 0 Å². The quantitative estimate of drug-likeness (QED) is 0.639. The lowest BCUT2D eigenvalue weighted by Gasteiger charge is -2.42. The highest BCUT2D eigenvalue weighted by molar-refractivity contribution is 4.89. The molecule has 4 atom stereocenters. The summed E-state index contributed by atoms with van der Waals surface area (Å²) in [7, 11) is 2.32. The molecule has 0 aliphatic heterocycles. The van der Waals surface area contributed by atoms with Crippen LogP contribution in [-0.2, 0) is 0 Å². The summed E-state index contributed by atoms with van der Waals surface area (Å²) in [6.45, 7) is 13.2. The molecule has 0 aromatic rings. The normalized spacial score (nSPS) is 30.9. The topological polar surface area (TPSA) is 15.3 Å². The molecule has 0 heterocycles. The first kappa shape index (κ1) is 18.0. The van der Waals surface area contributed by atoms with Crippen molar-refractivity contribution in [2.45, 2.75) is 72.3 Å². The zero-order chi connectivity index (χ0) is 15.0. The molecule has 1 N–H and O–H groups in total. The Labute approximate surface area is 127 Å². The second kappa shape index (κ2) is 9.78. The summed E-state index contributed by atoms with van der Waals surface area (Å²) < 4.78 is 0. The Morgan fingerprint density at radius 3 is 2.45 bits per heavy atom. The molecular weight excluding hydrogens is 244 g/mol. The Morgan fingerprint density at radius 2 is 1.80 bits per heavy atom. The molecule has 120 valence electrons. The van der Waals surface area contributed by atoms with Gasteiger partial charge in [0.2, 0.25) is 0 Å². The highest BCUT2D eigenvalue weighted by Crippen LogP contribution is 2.34. The predicted octanol–water partition coefficient (Wildman–Crippen LogP) is 4.16. The fraction of sp³-hybridized carbons (Fsp3) is 1.00. The SMILES string of the molecule is CCCCCN(C)CC1C(C)CC(C)CC1NCCC. The van der Waals surface area contributed by atoms with Gasteiger partial charge in [0.05, 0.1) is 0 Å². The molecule has 0 amide bonds. The summed E-state index contributed by atoms with van der Waals surface area (Å²) in [5.41, 5.74) is 0. The molecule has 20 heavy (non-hydrogen) atoms. The molecule has 0 aromatic heterocycles. The Hall–Kier alpha value is -0.0800. The Kier molecular flexibility index (Phi) is 8.79. The van der Waals surface area contributed by atoms with Gasteiger partial charge >= 0.3 is 0 Å². The van der Waals surface area contributed by atoms with E-state index in [0.717, 1.165) is 23.8 Å². The van der Waals surface area contributed by atoms with Gasteiger partial charge in [0.25, 0.3) is 0 Å². The van der Waals surface area contributed by atoms with Crippen LogP contribution in [0.2, 0.25) is 0 Å². The average Bonchev–Trinajstić information content (AvgIpc) is 2.40. The first-order chi connectivity index (χ1) is 9.58. The minimum absolute atomic E-state index is 0.738. The van der Waals surface area contributed by atoms with Crippen LogP contribution >= 0.6 is 0 Å². The van der Waals surface area contributed by atoms with Crippen LogP contribution in [0.3, 0.4) is 0 Å². The van der Waals surface area contributed by atoms with Gasteiger partial charge in [-0.1, -0.05) is 40.5 Å². The molecule has 1 aliphatic carbocycles. The molecule has 2 heteroatoms. The molecule has 0 aromatic carbocycles. The molecule has 1 rings (SSSR count). The fourth-order valence-corrected chi connectivity index (χ4v) is 3.87. The van der Waals surface area contributed by atoms with Crippen LogP contribution in [0.15, 0.2) is 0 Å². The van der Waals surface area contributed by atoms with Crippen molar-refractivity contribution in [1.29, 1.82) is 0 Å². The first-order valence-corrected chi connectivity index (χ1v) is 9.00. The van der Waals surface area contributed by atoms with E-state index in [1.165, 1.54) is 58.2 Å². The third kappa shape index (κ3) is 6.13. The van der Waals surface area contributed by atoms with E-state index in [1.807, 2.05) is 0 Å². The molecule has 0 saturated heterocycles. The number of rotatable bonds is 9. The van der Waals surface area contributed by atoms with Gasteiger partial charge in [-0.3, -0.25) is 0 Å². The summed E-state index contributed by atoms with van der Waals surface area (Å²) in [6, 6.07) is 0.738. The number of hydrogen-bond donors (Lipinski definition) is 1. The number of nitrogens with one attached hydrogen (secondary N) is 1. The van der Waals surface area contributed by atoms with Crippen molar-refractivity contribution in [2.75, 3.05) is 26.7 Å². The number of unbranched alkanes of at least 4 members (excludes halogenated alkanes) is 2. The van der Waals surface area contributed by atoms with Crippen molar-refractivity contribution in [2.24, 2.45) is 17.8 Å². The summed E-state index contributed by atoms with van der Waals surface area (Å²) in [5, 5.41) is 3.83. The highest BCUT2D eigenvalue weighted by Gasteiger charge is 2.33. The van der Waals surface area contributed by atoms with Gasteiger partial charge in [-0.2, -0.15) is 0 Å². The standard InChI is InChI=1S/C18H38N2/c1-6-8-9-11-20(5)14-17-16(4)12-15(3)13-18(17)19-10-7-2/h15-19H,6-14H2,1-5H3. The van der Waals surface area contributed by atoms with E-state index in [2.05, 4.69) is 45.0 Å². The molecule has 0 radical (unpaired) electrons. The molecule has 0 bridgehead atoms. The van der Waals surface area contributed by atoms with Crippen molar-refractivity contribution in [3.63, 3.8) is 0 Å². The summed E-state index contributed by atoms with van der Waals surface area (Å²) in [4.78, 5) is 2.58. The summed E-state index contributed by atoms with van der Waals surface area (Å²) in [5.74, 6) is 2.59. The Balaban J connectivity index is 2.47. The molecule has 2 nitrogen and oxygen atoms in total. The second-order valence-corrected chi connectivity index (χ2v) is 7.25. The van der Waals surface area contributed by atoms with Crippen LogP contribution in [0.5, 0.6) is 0 Å². The largest absolute Gasteiger partial charge is 0.314 e. The third-order valence-corrected chi connectivity index (χ3v) is 5.00. The zero-order valence-corrected chi connectivity index (χ0v) is 14.6. The van der Waals surface area contributed by atoms with Crippen LogP contribution in [0.1, 0.15) is 66.2 Å². The zero-order valence-electron chi connectivity index (χ0n) is 14.6. The molecule has 1 fully saturated rings.